The van der Waals surface area contributed by atoms with Crippen molar-refractivity contribution >= 4 is 23.4 Å². The first-order chi connectivity index (χ1) is 8.36. The predicted octanol–water partition coefficient (Wildman–Crippen LogP) is 2.97. The molecule has 0 atom stereocenters. The molecule has 0 saturated carbocycles. The van der Waals surface area contributed by atoms with Crippen LogP contribution in [-0.2, 0) is 4.74 Å². The standard InChI is InChI=1S/C13H20ClNOS/c1-16-11-9-15(8-7-14)10-12-17-13-5-3-2-4-6-13/h2-6H,7-12H2,1H3. The molecule has 0 radical (unpaired) electrons. The van der Waals surface area contributed by atoms with E-state index in [1.54, 1.807) is 7.11 Å². The van der Waals surface area contributed by atoms with Gasteiger partial charge >= 0.3 is 0 Å². The van der Waals surface area contributed by atoms with E-state index in [9.17, 15) is 0 Å². The van der Waals surface area contributed by atoms with Gasteiger partial charge in [-0.1, -0.05) is 18.2 Å². The molecule has 17 heavy (non-hydrogen) atoms. The van der Waals surface area contributed by atoms with Crippen molar-refractivity contribution in [3.63, 3.8) is 0 Å². The molecular formula is C13H20ClNOS. The van der Waals surface area contributed by atoms with E-state index in [0.29, 0.717) is 5.88 Å². The molecule has 0 aliphatic carbocycles. The number of rotatable bonds is 9. The molecule has 0 aliphatic rings. The molecular weight excluding hydrogens is 254 g/mol. The highest BCUT2D eigenvalue weighted by Gasteiger charge is 2.03. The number of halogens is 1. The van der Waals surface area contributed by atoms with Gasteiger partial charge in [0.2, 0.25) is 0 Å². The molecule has 0 unspecified atom stereocenters. The van der Waals surface area contributed by atoms with Gasteiger partial charge in [-0.05, 0) is 12.1 Å². The number of alkyl halides is 1. The van der Waals surface area contributed by atoms with Crippen molar-refractivity contribution in [2.75, 3.05) is 45.0 Å². The van der Waals surface area contributed by atoms with Crippen molar-refractivity contribution in [1.82, 2.24) is 4.90 Å². The number of nitrogens with zero attached hydrogens (tertiary/aromatic N) is 1. The second-order valence-electron chi connectivity index (χ2n) is 3.68. The Balaban J connectivity index is 2.22. The van der Waals surface area contributed by atoms with E-state index in [1.165, 1.54) is 4.90 Å². The van der Waals surface area contributed by atoms with Crippen LogP contribution in [0, 0.1) is 0 Å². The van der Waals surface area contributed by atoms with E-state index in [0.717, 1.165) is 32.0 Å². The highest BCUT2D eigenvalue weighted by Crippen LogP contribution is 2.16. The van der Waals surface area contributed by atoms with E-state index in [4.69, 9.17) is 16.3 Å². The fraction of sp³-hybridized carbons (Fsp3) is 0.538. The molecule has 1 aromatic rings. The van der Waals surface area contributed by atoms with Gasteiger partial charge in [0.25, 0.3) is 0 Å². The van der Waals surface area contributed by atoms with E-state index < -0.39 is 0 Å². The Kier molecular flexibility index (Phi) is 8.53. The Hall–Kier alpha value is -0.220. The molecule has 0 amide bonds. The first-order valence-corrected chi connectivity index (χ1v) is 7.34. The molecule has 0 bridgehead atoms. The summed E-state index contributed by atoms with van der Waals surface area (Å²) in [5, 5.41) is 0. The quantitative estimate of drug-likeness (QED) is 0.507. The van der Waals surface area contributed by atoms with E-state index in [1.807, 2.05) is 17.8 Å². The van der Waals surface area contributed by atoms with Gasteiger partial charge in [-0.15, -0.1) is 23.4 Å². The zero-order valence-corrected chi connectivity index (χ0v) is 11.8. The van der Waals surface area contributed by atoms with Crippen molar-refractivity contribution in [2.45, 2.75) is 4.90 Å². The topological polar surface area (TPSA) is 12.5 Å². The van der Waals surface area contributed by atoms with Gasteiger partial charge in [-0.3, -0.25) is 4.90 Å². The fourth-order valence-electron chi connectivity index (χ4n) is 1.48. The molecule has 0 aromatic heterocycles. The summed E-state index contributed by atoms with van der Waals surface area (Å²) in [6, 6.07) is 10.5. The Morgan fingerprint density at radius 3 is 2.59 bits per heavy atom. The van der Waals surface area contributed by atoms with Gasteiger partial charge in [0.1, 0.15) is 0 Å². The van der Waals surface area contributed by atoms with Crippen molar-refractivity contribution in [1.29, 1.82) is 0 Å². The van der Waals surface area contributed by atoms with Crippen LogP contribution in [0.1, 0.15) is 0 Å². The second-order valence-corrected chi connectivity index (χ2v) is 5.23. The van der Waals surface area contributed by atoms with Crippen molar-refractivity contribution in [2.24, 2.45) is 0 Å². The molecule has 4 heteroatoms. The molecule has 1 rings (SSSR count). The number of methoxy groups -OCH3 is 1. The SMILES string of the molecule is COCCN(CCCl)CCSc1ccccc1. The van der Waals surface area contributed by atoms with Crippen LogP contribution in [0.25, 0.3) is 0 Å². The van der Waals surface area contributed by atoms with E-state index >= 15 is 0 Å². The van der Waals surface area contributed by atoms with Crippen LogP contribution in [0.4, 0.5) is 0 Å². The maximum atomic E-state index is 5.78. The van der Waals surface area contributed by atoms with Gasteiger partial charge in [0.15, 0.2) is 0 Å². The van der Waals surface area contributed by atoms with Gasteiger partial charge in [-0.2, -0.15) is 0 Å². The Morgan fingerprint density at radius 2 is 1.94 bits per heavy atom. The van der Waals surface area contributed by atoms with Crippen molar-refractivity contribution in [3.8, 4) is 0 Å². The van der Waals surface area contributed by atoms with E-state index in [-0.39, 0.29) is 0 Å². The average molecular weight is 274 g/mol. The first-order valence-electron chi connectivity index (χ1n) is 5.82. The molecule has 0 saturated heterocycles. The maximum Gasteiger partial charge on any atom is 0.0589 e. The molecule has 1 aromatic carbocycles. The number of thioether (sulfide) groups is 1. The summed E-state index contributed by atoms with van der Waals surface area (Å²) in [6.07, 6.45) is 0. The highest BCUT2D eigenvalue weighted by atomic mass is 35.5. The van der Waals surface area contributed by atoms with Gasteiger partial charge < -0.3 is 4.74 Å². The molecule has 0 fully saturated rings. The number of ether oxygens (including phenoxy) is 1. The predicted molar refractivity (Wildman–Crippen MR) is 76.2 cm³/mol. The van der Waals surface area contributed by atoms with Crippen LogP contribution in [0.5, 0.6) is 0 Å². The van der Waals surface area contributed by atoms with Crippen LogP contribution < -0.4 is 0 Å². The van der Waals surface area contributed by atoms with Crippen LogP contribution >= 0.6 is 23.4 Å². The second kappa shape index (κ2) is 9.77. The third-order valence-electron chi connectivity index (χ3n) is 2.43. The Morgan fingerprint density at radius 1 is 1.18 bits per heavy atom. The largest absolute Gasteiger partial charge is 0.383 e. The third-order valence-corrected chi connectivity index (χ3v) is 3.59. The fourth-order valence-corrected chi connectivity index (χ4v) is 2.66. The summed E-state index contributed by atoms with van der Waals surface area (Å²) in [6.45, 7) is 3.71. The zero-order valence-electron chi connectivity index (χ0n) is 10.3. The summed E-state index contributed by atoms with van der Waals surface area (Å²) in [7, 11) is 1.73. The van der Waals surface area contributed by atoms with Crippen LogP contribution in [0.3, 0.4) is 0 Å². The summed E-state index contributed by atoms with van der Waals surface area (Å²) >= 11 is 7.66. The van der Waals surface area contributed by atoms with Gasteiger partial charge in [-0.25, -0.2) is 0 Å². The smallest absolute Gasteiger partial charge is 0.0589 e. The molecule has 0 heterocycles. The molecule has 0 aliphatic heterocycles. The average Bonchev–Trinajstić information content (AvgIpc) is 2.37. The summed E-state index contributed by atoms with van der Waals surface area (Å²) in [5.41, 5.74) is 0. The first kappa shape index (κ1) is 14.8. The summed E-state index contributed by atoms with van der Waals surface area (Å²) < 4.78 is 5.09. The molecule has 0 spiro atoms. The molecule has 0 N–H and O–H groups in total. The highest BCUT2D eigenvalue weighted by molar-refractivity contribution is 7.99. The molecule has 2 nitrogen and oxygen atoms in total. The minimum Gasteiger partial charge on any atom is -0.383 e. The zero-order chi connectivity index (χ0) is 12.3. The minimum atomic E-state index is 0.680. The monoisotopic (exact) mass is 273 g/mol. The van der Waals surface area contributed by atoms with Crippen molar-refractivity contribution < 1.29 is 4.74 Å². The van der Waals surface area contributed by atoms with Crippen LogP contribution in [-0.4, -0.2) is 49.9 Å². The minimum absolute atomic E-state index is 0.680. The number of hydrogen-bond donors (Lipinski definition) is 0. The maximum absolute atomic E-state index is 5.78. The lowest BCUT2D eigenvalue weighted by molar-refractivity contribution is 0.155. The summed E-state index contributed by atoms with van der Waals surface area (Å²) in [5.74, 6) is 1.77. The lowest BCUT2D eigenvalue weighted by Gasteiger charge is -2.20. The van der Waals surface area contributed by atoms with Gasteiger partial charge in [0, 0.05) is 43.3 Å². The van der Waals surface area contributed by atoms with Gasteiger partial charge in [0.05, 0.1) is 6.61 Å². The number of benzene rings is 1. The Bertz CT molecular complexity index is 284. The Labute approximate surface area is 113 Å². The van der Waals surface area contributed by atoms with Crippen LogP contribution in [0.15, 0.2) is 35.2 Å². The lowest BCUT2D eigenvalue weighted by atomic mass is 10.4. The number of hydrogen-bond acceptors (Lipinski definition) is 3. The van der Waals surface area contributed by atoms with Crippen molar-refractivity contribution in [3.05, 3.63) is 30.3 Å². The molecule has 96 valence electrons. The van der Waals surface area contributed by atoms with Crippen LogP contribution in [0.2, 0.25) is 0 Å². The summed E-state index contributed by atoms with van der Waals surface area (Å²) in [4.78, 5) is 3.66. The van der Waals surface area contributed by atoms with E-state index in [2.05, 4.69) is 29.2 Å². The third kappa shape index (κ3) is 6.94. The normalized spacial score (nSPS) is 11.0. The lowest BCUT2D eigenvalue weighted by Crippen LogP contribution is -2.31.